The fraction of sp³-hybridized carbons (Fsp3) is 0.250. The molecule has 0 unspecified atom stereocenters. The molecule has 0 saturated carbocycles. The summed E-state index contributed by atoms with van der Waals surface area (Å²) in [4.78, 5) is 21.7. The van der Waals surface area contributed by atoms with Gasteiger partial charge in [0.15, 0.2) is 0 Å². The number of aromatic nitrogens is 2. The second-order valence-electron chi connectivity index (χ2n) is 2.58. The van der Waals surface area contributed by atoms with E-state index in [-0.39, 0.29) is 12.4 Å². The molecule has 0 aliphatic rings. The van der Waals surface area contributed by atoms with Crippen molar-refractivity contribution in [1.29, 1.82) is 0 Å². The molecule has 0 aliphatic heterocycles. The largest absolute Gasteiger partial charge is 0.332 e. The van der Waals surface area contributed by atoms with Crippen LogP contribution in [0.25, 0.3) is 0 Å². The van der Waals surface area contributed by atoms with Gasteiger partial charge in [0, 0.05) is 6.20 Å². The summed E-state index contributed by atoms with van der Waals surface area (Å²) in [6, 6.07) is 2.80. The summed E-state index contributed by atoms with van der Waals surface area (Å²) in [6.07, 6.45) is 1.53. The van der Waals surface area contributed by atoms with E-state index >= 15 is 0 Å². The van der Waals surface area contributed by atoms with E-state index in [0.29, 0.717) is 5.69 Å². The highest BCUT2D eigenvalue weighted by molar-refractivity contribution is 6.28. The van der Waals surface area contributed by atoms with E-state index in [2.05, 4.69) is 15.5 Å². The third-order valence-corrected chi connectivity index (χ3v) is 1.67. The molecule has 0 atom stereocenters. The van der Waals surface area contributed by atoms with Crippen LogP contribution in [0.15, 0.2) is 18.3 Å². The number of rotatable bonds is 3. The van der Waals surface area contributed by atoms with Gasteiger partial charge in [-0.2, -0.15) is 10.2 Å². The highest BCUT2D eigenvalue weighted by Gasteiger charge is 2.05. The van der Waals surface area contributed by atoms with E-state index < -0.39 is 11.9 Å². The average molecular weight is 229 g/mol. The quantitative estimate of drug-likeness (QED) is 0.716. The Morgan fingerprint density at radius 3 is 2.87 bits per heavy atom. The zero-order chi connectivity index (χ0) is 11.1. The van der Waals surface area contributed by atoms with Crippen LogP contribution in [-0.2, 0) is 11.3 Å². The van der Waals surface area contributed by atoms with E-state index in [1.54, 1.807) is 12.1 Å². The predicted molar refractivity (Wildman–Crippen MR) is 53.1 cm³/mol. The fourth-order valence-electron chi connectivity index (χ4n) is 0.803. The smallest absolute Gasteiger partial charge is 0.321 e. The molecule has 0 saturated heterocycles. The lowest BCUT2D eigenvalue weighted by Gasteiger charge is -2.03. The first-order valence-electron chi connectivity index (χ1n) is 4.12. The first kappa shape index (κ1) is 11.4. The minimum Gasteiger partial charge on any atom is -0.332 e. The van der Waals surface area contributed by atoms with Crippen LogP contribution in [0.1, 0.15) is 5.69 Å². The Morgan fingerprint density at radius 1 is 1.47 bits per heavy atom. The van der Waals surface area contributed by atoms with E-state index in [1.807, 2.05) is 5.32 Å². The number of imide groups is 1. The van der Waals surface area contributed by atoms with Crippen LogP contribution in [-0.4, -0.2) is 28.0 Å². The number of hydrogen-bond donors (Lipinski definition) is 2. The van der Waals surface area contributed by atoms with Gasteiger partial charge in [-0.25, -0.2) is 4.79 Å². The van der Waals surface area contributed by atoms with Crippen LogP contribution in [0.5, 0.6) is 0 Å². The topological polar surface area (TPSA) is 84.0 Å². The van der Waals surface area contributed by atoms with Crippen molar-refractivity contribution in [3.63, 3.8) is 0 Å². The molecule has 0 radical (unpaired) electrons. The zero-order valence-corrected chi connectivity index (χ0v) is 8.49. The Kier molecular flexibility index (Phi) is 4.49. The molecule has 1 aromatic rings. The second-order valence-corrected chi connectivity index (χ2v) is 2.85. The minimum atomic E-state index is -0.605. The molecule has 1 heterocycles. The molecule has 80 valence electrons. The number of carbonyl (C=O) groups excluding carboxylic acids is 2. The third-order valence-electron chi connectivity index (χ3n) is 1.43. The standard InChI is InChI=1S/C8H9ClN4O2/c9-4-7(14)12-8(15)10-5-6-2-1-3-11-13-6/h1-3H,4-5H2,(H2,10,12,14,15). The predicted octanol–water partition coefficient (Wildman–Crippen LogP) is 0.0412. The molecule has 7 heteroatoms. The van der Waals surface area contributed by atoms with Gasteiger partial charge in [-0.15, -0.1) is 11.6 Å². The summed E-state index contributed by atoms with van der Waals surface area (Å²) in [7, 11) is 0. The van der Waals surface area contributed by atoms with Crippen LogP contribution in [0.3, 0.4) is 0 Å². The van der Waals surface area contributed by atoms with E-state index in [4.69, 9.17) is 11.6 Å². The molecule has 1 rings (SSSR count). The molecule has 3 amide bonds. The van der Waals surface area contributed by atoms with Crippen molar-refractivity contribution in [2.75, 3.05) is 5.88 Å². The van der Waals surface area contributed by atoms with Gasteiger partial charge in [-0.3, -0.25) is 10.1 Å². The number of halogens is 1. The number of nitrogens with zero attached hydrogens (tertiary/aromatic N) is 2. The number of alkyl halides is 1. The minimum absolute atomic E-state index is 0.204. The van der Waals surface area contributed by atoms with Crippen LogP contribution in [0.4, 0.5) is 4.79 Å². The van der Waals surface area contributed by atoms with Crippen LogP contribution >= 0.6 is 11.6 Å². The maximum atomic E-state index is 11.0. The molecular weight excluding hydrogens is 220 g/mol. The number of carbonyl (C=O) groups is 2. The van der Waals surface area contributed by atoms with Gasteiger partial charge in [-0.05, 0) is 12.1 Å². The summed E-state index contributed by atoms with van der Waals surface area (Å²) in [6.45, 7) is 0.204. The van der Waals surface area contributed by atoms with Crippen molar-refractivity contribution in [2.24, 2.45) is 0 Å². The Morgan fingerprint density at radius 2 is 2.27 bits per heavy atom. The number of urea groups is 1. The van der Waals surface area contributed by atoms with E-state index in [9.17, 15) is 9.59 Å². The zero-order valence-electron chi connectivity index (χ0n) is 7.74. The maximum Gasteiger partial charge on any atom is 0.321 e. The third kappa shape index (κ3) is 4.37. The Bertz CT molecular complexity index is 344. The molecule has 0 fully saturated rings. The fourth-order valence-corrected chi connectivity index (χ4v) is 0.870. The Hall–Kier alpha value is -1.69. The van der Waals surface area contributed by atoms with Crippen molar-refractivity contribution < 1.29 is 9.59 Å². The van der Waals surface area contributed by atoms with Crippen molar-refractivity contribution in [3.8, 4) is 0 Å². The van der Waals surface area contributed by atoms with Gasteiger partial charge in [0.05, 0.1) is 12.2 Å². The van der Waals surface area contributed by atoms with Crippen molar-refractivity contribution in [1.82, 2.24) is 20.8 Å². The number of amides is 3. The Labute approximate surface area is 91.0 Å². The number of nitrogens with one attached hydrogen (secondary N) is 2. The summed E-state index contributed by atoms with van der Waals surface area (Å²) in [5.74, 6) is -0.799. The highest BCUT2D eigenvalue weighted by atomic mass is 35.5. The van der Waals surface area contributed by atoms with Gasteiger partial charge in [0.25, 0.3) is 0 Å². The highest BCUT2D eigenvalue weighted by Crippen LogP contribution is 1.89. The molecule has 6 nitrogen and oxygen atoms in total. The maximum absolute atomic E-state index is 11.0. The molecule has 0 spiro atoms. The van der Waals surface area contributed by atoms with Gasteiger partial charge in [0.1, 0.15) is 5.88 Å². The SMILES string of the molecule is O=C(CCl)NC(=O)NCc1cccnn1. The monoisotopic (exact) mass is 228 g/mol. The molecule has 0 bridgehead atoms. The summed E-state index contributed by atoms with van der Waals surface area (Å²) in [5, 5.41) is 11.8. The first-order valence-corrected chi connectivity index (χ1v) is 4.66. The van der Waals surface area contributed by atoms with Crippen molar-refractivity contribution in [2.45, 2.75) is 6.54 Å². The molecule has 0 aliphatic carbocycles. The van der Waals surface area contributed by atoms with Gasteiger partial charge < -0.3 is 5.32 Å². The lowest BCUT2D eigenvalue weighted by atomic mass is 10.4. The summed E-state index contributed by atoms with van der Waals surface area (Å²) in [5.41, 5.74) is 0.603. The molecule has 1 aromatic heterocycles. The lowest BCUT2D eigenvalue weighted by Crippen LogP contribution is -2.39. The van der Waals surface area contributed by atoms with Gasteiger partial charge in [-0.1, -0.05) is 0 Å². The van der Waals surface area contributed by atoms with Crippen LogP contribution in [0, 0.1) is 0 Å². The van der Waals surface area contributed by atoms with E-state index in [1.165, 1.54) is 6.20 Å². The lowest BCUT2D eigenvalue weighted by molar-refractivity contribution is -0.117. The first-order chi connectivity index (χ1) is 7.22. The summed E-state index contributed by atoms with van der Waals surface area (Å²) >= 11 is 5.20. The molecule has 15 heavy (non-hydrogen) atoms. The molecule has 2 N–H and O–H groups in total. The van der Waals surface area contributed by atoms with Crippen LogP contribution in [0.2, 0.25) is 0 Å². The van der Waals surface area contributed by atoms with Gasteiger partial charge in [0.2, 0.25) is 5.91 Å². The van der Waals surface area contributed by atoms with Crippen molar-refractivity contribution in [3.05, 3.63) is 24.0 Å². The molecule has 0 aromatic carbocycles. The normalized spacial score (nSPS) is 9.40. The van der Waals surface area contributed by atoms with Crippen LogP contribution < -0.4 is 10.6 Å². The van der Waals surface area contributed by atoms with E-state index in [0.717, 1.165) is 0 Å². The average Bonchev–Trinajstić information content (AvgIpc) is 2.27. The Balaban J connectivity index is 2.32. The van der Waals surface area contributed by atoms with Gasteiger partial charge >= 0.3 is 6.03 Å². The molecular formula is C8H9ClN4O2. The van der Waals surface area contributed by atoms with Crippen molar-refractivity contribution >= 4 is 23.5 Å². The second kappa shape index (κ2) is 5.92. The number of hydrogen-bond acceptors (Lipinski definition) is 4. The summed E-state index contributed by atoms with van der Waals surface area (Å²) < 4.78 is 0.